The van der Waals surface area contributed by atoms with Crippen LogP contribution in [0.15, 0.2) is 12.7 Å². The van der Waals surface area contributed by atoms with E-state index in [0.717, 1.165) is 0 Å². The minimum atomic E-state index is -1.28. The van der Waals surface area contributed by atoms with Crippen LogP contribution in [0.25, 0.3) is 0 Å². The van der Waals surface area contributed by atoms with E-state index in [-0.39, 0.29) is 0 Å². The smallest absolute Gasteiger partial charge is 0.132 e. The van der Waals surface area contributed by atoms with E-state index in [9.17, 15) is 0 Å². The monoisotopic (exact) mass is 227 g/mol. The van der Waals surface area contributed by atoms with Gasteiger partial charge in [0.15, 0.2) is 0 Å². The van der Waals surface area contributed by atoms with Gasteiger partial charge in [-0.2, -0.15) is 0 Å². The molecule has 0 aliphatic heterocycles. The van der Waals surface area contributed by atoms with Crippen LogP contribution >= 0.6 is 0 Å². The maximum Gasteiger partial charge on any atom is 0.132 e. The van der Waals surface area contributed by atoms with E-state index in [1.807, 2.05) is 0 Å². The Morgan fingerprint density at radius 3 is 1.67 bits per heavy atom. The Morgan fingerprint density at radius 2 is 1.47 bits per heavy atom. The summed E-state index contributed by atoms with van der Waals surface area (Å²) in [5.41, 5.74) is 0. The molecular weight excluding hydrogens is 198 g/mol. The van der Waals surface area contributed by atoms with E-state index >= 15 is 0 Å². The highest BCUT2D eigenvalue weighted by Gasteiger charge is 2.37. The second-order valence-electron chi connectivity index (χ2n) is 5.02. The van der Waals surface area contributed by atoms with Gasteiger partial charge in [0.05, 0.1) is 0 Å². The Kier molecular flexibility index (Phi) is 6.45. The molecule has 0 unspecified atom stereocenters. The summed E-state index contributed by atoms with van der Waals surface area (Å²) >= 11 is 0. The van der Waals surface area contributed by atoms with Crippen molar-refractivity contribution in [1.29, 1.82) is 0 Å². The molecule has 0 radical (unpaired) electrons. The van der Waals surface area contributed by atoms with Crippen LogP contribution in [0, 0.1) is 0 Å². The molecule has 0 N–H and O–H groups in total. The van der Waals surface area contributed by atoms with E-state index < -0.39 is 8.24 Å². The minimum absolute atomic E-state index is 0.663. The van der Waals surface area contributed by atoms with Crippen molar-refractivity contribution in [3.05, 3.63) is 12.7 Å². The Bertz CT molecular complexity index is 175. The molecule has 2 heteroatoms. The molecule has 0 rings (SSSR count). The third kappa shape index (κ3) is 3.46. The van der Waals surface area contributed by atoms with Crippen LogP contribution in [-0.2, 0) is 0 Å². The van der Waals surface area contributed by atoms with E-state index in [2.05, 4.69) is 58.8 Å². The van der Waals surface area contributed by atoms with Gasteiger partial charge >= 0.3 is 0 Å². The van der Waals surface area contributed by atoms with Crippen molar-refractivity contribution in [2.45, 2.75) is 71.8 Å². The van der Waals surface area contributed by atoms with Gasteiger partial charge in [0.2, 0.25) is 0 Å². The minimum Gasteiger partial charge on any atom is -0.319 e. The number of hydrogen-bond acceptors (Lipinski definition) is 1. The van der Waals surface area contributed by atoms with Crippen molar-refractivity contribution in [2.75, 3.05) is 0 Å². The van der Waals surface area contributed by atoms with E-state index in [4.69, 9.17) is 0 Å². The second kappa shape index (κ2) is 6.49. The first-order chi connectivity index (χ1) is 6.95. The zero-order valence-corrected chi connectivity index (χ0v) is 12.5. The third-order valence-electron chi connectivity index (χ3n) is 3.50. The molecule has 0 bridgehead atoms. The fourth-order valence-electron chi connectivity index (χ4n) is 2.97. The molecule has 0 fully saturated rings. The number of nitrogens with zero attached hydrogens (tertiary/aromatic N) is 1. The van der Waals surface area contributed by atoms with Crippen molar-refractivity contribution in [1.82, 2.24) is 4.57 Å². The summed E-state index contributed by atoms with van der Waals surface area (Å²) in [6.45, 7) is 18.0. The normalized spacial score (nSPS) is 12.9. The van der Waals surface area contributed by atoms with Crippen LogP contribution in [0.3, 0.4) is 0 Å². The average Bonchev–Trinajstić information content (AvgIpc) is 2.15. The molecule has 1 nitrogen and oxygen atoms in total. The van der Waals surface area contributed by atoms with Crippen molar-refractivity contribution >= 4 is 8.24 Å². The van der Waals surface area contributed by atoms with Gasteiger partial charge in [0.1, 0.15) is 8.24 Å². The summed E-state index contributed by atoms with van der Waals surface area (Å²) in [4.78, 5) is 0. The fraction of sp³-hybridized carbons (Fsp3) is 0.846. The lowest BCUT2D eigenvalue weighted by Crippen LogP contribution is -2.58. The second-order valence-corrected chi connectivity index (χ2v) is 9.81. The highest BCUT2D eigenvalue weighted by atomic mass is 28.3. The van der Waals surface area contributed by atoms with Gasteiger partial charge in [-0.1, -0.05) is 47.6 Å². The van der Waals surface area contributed by atoms with Gasteiger partial charge in [-0.05, 0) is 30.2 Å². The molecular formula is C13H29NSi. The van der Waals surface area contributed by atoms with E-state index in [0.29, 0.717) is 12.1 Å². The zero-order valence-electron chi connectivity index (χ0n) is 11.5. The molecule has 0 aromatic rings. The van der Waals surface area contributed by atoms with Crippen molar-refractivity contribution in [3.63, 3.8) is 0 Å². The van der Waals surface area contributed by atoms with Gasteiger partial charge in [0, 0.05) is 0 Å². The maximum atomic E-state index is 3.95. The molecule has 0 aromatic carbocycles. The molecule has 0 aromatic heterocycles. The average molecular weight is 227 g/mol. The molecule has 0 heterocycles. The predicted molar refractivity (Wildman–Crippen MR) is 73.8 cm³/mol. The Hall–Kier alpha value is -0.0831. The van der Waals surface area contributed by atoms with Crippen LogP contribution in [0.5, 0.6) is 0 Å². The summed E-state index contributed by atoms with van der Waals surface area (Å²) in [6.07, 6.45) is 2.14. The van der Waals surface area contributed by atoms with Crippen LogP contribution in [-0.4, -0.2) is 24.9 Å². The highest BCUT2D eigenvalue weighted by molar-refractivity contribution is 6.77. The topological polar surface area (TPSA) is 3.24 Å². The lowest BCUT2D eigenvalue weighted by atomic mass is 10.3. The molecule has 0 saturated carbocycles. The molecule has 0 atom stereocenters. The van der Waals surface area contributed by atoms with Crippen LogP contribution in [0.4, 0.5) is 0 Å². The molecule has 0 spiro atoms. The van der Waals surface area contributed by atoms with Crippen molar-refractivity contribution in [2.24, 2.45) is 0 Å². The molecule has 15 heavy (non-hydrogen) atoms. The van der Waals surface area contributed by atoms with Gasteiger partial charge in [0.25, 0.3) is 0 Å². The summed E-state index contributed by atoms with van der Waals surface area (Å²) in [7, 11) is -1.28. The first-order valence-electron chi connectivity index (χ1n) is 6.34. The van der Waals surface area contributed by atoms with E-state index in [1.165, 1.54) is 18.1 Å². The van der Waals surface area contributed by atoms with Gasteiger partial charge in [-0.3, -0.25) is 0 Å². The van der Waals surface area contributed by atoms with Gasteiger partial charge in [-0.25, -0.2) is 0 Å². The van der Waals surface area contributed by atoms with Gasteiger partial charge < -0.3 is 4.57 Å². The molecule has 0 aliphatic carbocycles. The fourth-order valence-corrected chi connectivity index (χ4v) is 7.72. The maximum absolute atomic E-state index is 3.95. The molecule has 0 amide bonds. The van der Waals surface area contributed by atoms with Crippen LogP contribution < -0.4 is 0 Å². The number of rotatable bonds is 7. The lowest BCUT2D eigenvalue weighted by Gasteiger charge is -2.46. The Morgan fingerprint density at radius 1 is 1.07 bits per heavy atom. The summed E-state index contributed by atoms with van der Waals surface area (Å²) in [5.74, 6) is 0. The quantitative estimate of drug-likeness (QED) is 0.463. The lowest BCUT2D eigenvalue weighted by molar-refractivity contribution is 0.289. The SMILES string of the molecule is C=CC[Si](CC)(CC)N(C(C)C)C(C)C. The number of hydrogen-bond donors (Lipinski definition) is 0. The molecule has 90 valence electrons. The summed E-state index contributed by atoms with van der Waals surface area (Å²) < 4.78 is 2.79. The zero-order chi connectivity index (χ0) is 12.1. The molecule has 0 saturated heterocycles. The van der Waals surface area contributed by atoms with Crippen molar-refractivity contribution in [3.8, 4) is 0 Å². The first kappa shape index (κ1) is 14.9. The third-order valence-corrected chi connectivity index (χ3v) is 9.31. The standard InChI is InChI=1S/C13H29NSi/c1-8-11-15(9-2,10-3)14(12(4)5)13(6)7/h8,12-13H,1,9-11H2,2-7H3. The summed E-state index contributed by atoms with van der Waals surface area (Å²) in [5, 5.41) is 0. The Labute approximate surface area is 97.6 Å². The highest BCUT2D eigenvalue weighted by Crippen LogP contribution is 2.29. The molecule has 0 aliphatic rings. The van der Waals surface area contributed by atoms with Crippen LogP contribution in [0.1, 0.15) is 41.5 Å². The predicted octanol–water partition coefficient (Wildman–Crippen LogP) is 4.28. The van der Waals surface area contributed by atoms with Crippen molar-refractivity contribution < 1.29 is 0 Å². The van der Waals surface area contributed by atoms with E-state index in [1.54, 1.807) is 0 Å². The number of allylic oxidation sites excluding steroid dienone is 1. The van der Waals surface area contributed by atoms with Crippen LogP contribution in [0.2, 0.25) is 18.1 Å². The van der Waals surface area contributed by atoms with Gasteiger partial charge in [-0.15, -0.1) is 6.58 Å². The summed E-state index contributed by atoms with van der Waals surface area (Å²) in [6, 6.07) is 5.24. The Balaban J connectivity index is 5.05. The first-order valence-corrected chi connectivity index (χ1v) is 8.91. The largest absolute Gasteiger partial charge is 0.319 e.